The highest BCUT2D eigenvalue weighted by atomic mass is 32.1. The Hall–Kier alpha value is -1.75. The zero-order chi connectivity index (χ0) is 10.8. The maximum absolute atomic E-state index is 12.7. The van der Waals surface area contributed by atoms with E-state index in [1.165, 1.54) is 24.3 Å². The van der Waals surface area contributed by atoms with E-state index in [0.717, 1.165) is 11.3 Å². The predicted molar refractivity (Wildman–Crippen MR) is 56.4 cm³/mol. The van der Waals surface area contributed by atoms with Gasteiger partial charge >= 0.3 is 5.00 Å². The molecule has 1 aromatic heterocycles. The Morgan fingerprint density at radius 2 is 1.87 bits per heavy atom. The molecule has 0 bridgehead atoms. The van der Waals surface area contributed by atoms with Gasteiger partial charge in [0.15, 0.2) is 0 Å². The summed E-state index contributed by atoms with van der Waals surface area (Å²) in [7, 11) is 0. The number of benzene rings is 1. The maximum Gasteiger partial charge on any atom is 0.331 e. The van der Waals surface area contributed by atoms with E-state index in [1.807, 2.05) is 0 Å². The number of hydrogen-bond acceptors (Lipinski definition) is 3. The third-order valence-electron chi connectivity index (χ3n) is 1.97. The Kier molecular flexibility index (Phi) is 2.47. The van der Waals surface area contributed by atoms with Crippen molar-refractivity contribution in [3.8, 4) is 11.1 Å². The smallest absolute Gasteiger partial charge is 0.258 e. The van der Waals surface area contributed by atoms with Gasteiger partial charge in [0.2, 0.25) is 0 Å². The number of nitrogens with zero attached hydrogens (tertiary/aromatic N) is 1. The SMILES string of the molecule is O=[N+]([O-])c1sccc1-c1ccc(F)cc1. The molecular weight excluding hydrogens is 217 g/mol. The molecule has 2 rings (SSSR count). The minimum Gasteiger partial charge on any atom is -0.258 e. The van der Waals surface area contributed by atoms with Gasteiger partial charge in [0.1, 0.15) is 5.82 Å². The summed E-state index contributed by atoms with van der Waals surface area (Å²) >= 11 is 1.06. The van der Waals surface area contributed by atoms with Crippen molar-refractivity contribution in [2.24, 2.45) is 0 Å². The van der Waals surface area contributed by atoms with Crippen molar-refractivity contribution >= 4 is 16.3 Å². The first-order valence-corrected chi connectivity index (χ1v) is 5.04. The van der Waals surface area contributed by atoms with Crippen molar-refractivity contribution in [3.05, 3.63) is 51.6 Å². The number of thiophene rings is 1. The van der Waals surface area contributed by atoms with Gasteiger partial charge in [-0.15, -0.1) is 0 Å². The molecule has 0 aliphatic carbocycles. The molecule has 0 saturated carbocycles. The summed E-state index contributed by atoms with van der Waals surface area (Å²) in [5, 5.41) is 12.4. The van der Waals surface area contributed by atoms with E-state index < -0.39 is 4.92 Å². The number of rotatable bonds is 2. The zero-order valence-corrected chi connectivity index (χ0v) is 8.33. The van der Waals surface area contributed by atoms with Crippen molar-refractivity contribution in [3.63, 3.8) is 0 Å². The fourth-order valence-corrected chi connectivity index (χ4v) is 2.02. The summed E-state index contributed by atoms with van der Waals surface area (Å²) in [5.74, 6) is -0.350. The summed E-state index contributed by atoms with van der Waals surface area (Å²) in [4.78, 5) is 10.2. The van der Waals surface area contributed by atoms with Crippen LogP contribution in [0.5, 0.6) is 0 Å². The lowest BCUT2D eigenvalue weighted by atomic mass is 10.1. The van der Waals surface area contributed by atoms with E-state index in [4.69, 9.17) is 0 Å². The molecule has 2 aromatic rings. The highest BCUT2D eigenvalue weighted by molar-refractivity contribution is 7.13. The van der Waals surface area contributed by atoms with Crippen LogP contribution in [0.2, 0.25) is 0 Å². The third-order valence-corrected chi connectivity index (χ3v) is 2.83. The highest BCUT2D eigenvalue weighted by Crippen LogP contribution is 2.34. The fraction of sp³-hybridized carbons (Fsp3) is 0. The second-order valence-corrected chi connectivity index (χ2v) is 3.80. The summed E-state index contributed by atoms with van der Waals surface area (Å²) in [6.07, 6.45) is 0. The van der Waals surface area contributed by atoms with E-state index in [2.05, 4.69) is 0 Å². The molecule has 76 valence electrons. The lowest BCUT2D eigenvalue weighted by Crippen LogP contribution is -1.86. The monoisotopic (exact) mass is 223 g/mol. The molecule has 0 atom stereocenters. The van der Waals surface area contributed by atoms with Gasteiger partial charge in [-0.2, -0.15) is 0 Å². The Labute approximate surface area is 88.9 Å². The van der Waals surface area contributed by atoms with Crippen LogP contribution in [0.25, 0.3) is 11.1 Å². The fourth-order valence-electron chi connectivity index (χ4n) is 1.29. The summed E-state index contributed by atoms with van der Waals surface area (Å²) in [6, 6.07) is 7.30. The van der Waals surface area contributed by atoms with Crippen LogP contribution in [0.1, 0.15) is 0 Å². The van der Waals surface area contributed by atoms with Crippen LogP contribution >= 0.6 is 11.3 Å². The van der Waals surface area contributed by atoms with Crippen molar-refractivity contribution in [2.75, 3.05) is 0 Å². The maximum atomic E-state index is 12.7. The molecule has 0 unspecified atom stereocenters. The van der Waals surface area contributed by atoms with Gasteiger partial charge in [0.25, 0.3) is 0 Å². The molecule has 0 saturated heterocycles. The van der Waals surface area contributed by atoms with Crippen LogP contribution in [-0.2, 0) is 0 Å². The summed E-state index contributed by atoms with van der Waals surface area (Å²) in [6.45, 7) is 0. The summed E-state index contributed by atoms with van der Waals surface area (Å²) < 4.78 is 12.7. The number of halogens is 1. The molecule has 0 fully saturated rings. The average Bonchev–Trinajstić information content (AvgIpc) is 2.67. The molecule has 1 heterocycles. The van der Waals surface area contributed by atoms with Gasteiger partial charge in [0.05, 0.1) is 10.5 Å². The Morgan fingerprint density at radius 1 is 1.20 bits per heavy atom. The Balaban J connectivity index is 2.49. The molecule has 0 amide bonds. The standard InChI is InChI=1S/C10H6FNO2S/c11-8-3-1-7(2-4-8)9-5-6-15-10(9)12(13)14/h1-6H. The van der Waals surface area contributed by atoms with Crippen LogP contribution in [0.4, 0.5) is 9.39 Å². The topological polar surface area (TPSA) is 43.1 Å². The third kappa shape index (κ3) is 1.87. The van der Waals surface area contributed by atoms with Crippen LogP contribution < -0.4 is 0 Å². The lowest BCUT2D eigenvalue weighted by molar-refractivity contribution is -0.379. The average molecular weight is 223 g/mol. The largest absolute Gasteiger partial charge is 0.331 e. The van der Waals surface area contributed by atoms with Gasteiger partial charge in [-0.1, -0.05) is 23.5 Å². The second-order valence-electron chi connectivity index (χ2n) is 2.90. The number of nitro groups is 1. The first kappa shape index (κ1) is 9.79. The van der Waals surface area contributed by atoms with Crippen LogP contribution in [-0.4, -0.2) is 4.92 Å². The van der Waals surface area contributed by atoms with E-state index >= 15 is 0 Å². The van der Waals surface area contributed by atoms with Gasteiger partial charge in [0, 0.05) is 0 Å². The molecule has 5 heteroatoms. The minimum absolute atomic E-state index is 0.0848. The van der Waals surface area contributed by atoms with E-state index in [0.29, 0.717) is 11.1 Å². The molecule has 1 aromatic carbocycles. The van der Waals surface area contributed by atoms with Crippen LogP contribution in [0.15, 0.2) is 35.7 Å². The molecule has 3 nitrogen and oxygen atoms in total. The van der Waals surface area contributed by atoms with Crippen molar-refractivity contribution < 1.29 is 9.31 Å². The highest BCUT2D eigenvalue weighted by Gasteiger charge is 2.16. The quantitative estimate of drug-likeness (QED) is 0.578. The van der Waals surface area contributed by atoms with Gasteiger partial charge in [-0.3, -0.25) is 10.1 Å². The predicted octanol–water partition coefficient (Wildman–Crippen LogP) is 3.46. The molecule has 0 aliphatic heterocycles. The van der Waals surface area contributed by atoms with Crippen LogP contribution in [0, 0.1) is 15.9 Å². The molecule has 0 aliphatic rings. The molecule has 15 heavy (non-hydrogen) atoms. The second kappa shape index (κ2) is 3.78. The minimum atomic E-state index is -0.427. The van der Waals surface area contributed by atoms with Crippen molar-refractivity contribution in [2.45, 2.75) is 0 Å². The first-order valence-electron chi connectivity index (χ1n) is 4.16. The number of hydrogen-bond donors (Lipinski definition) is 0. The zero-order valence-electron chi connectivity index (χ0n) is 7.51. The lowest BCUT2D eigenvalue weighted by Gasteiger charge is -1.97. The van der Waals surface area contributed by atoms with Crippen LogP contribution in [0.3, 0.4) is 0 Å². The van der Waals surface area contributed by atoms with E-state index in [9.17, 15) is 14.5 Å². The van der Waals surface area contributed by atoms with E-state index in [-0.39, 0.29) is 10.8 Å². The first-order chi connectivity index (χ1) is 7.18. The molecule has 0 N–H and O–H groups in total. The Bertz CT molecular complexity index is 492. The van der Waals surface area contributed by atoms with Gasteiger partial charge in [-0.25, -0.2) is 4.39 Å². The summed E-state index contributed by atoms with van der Waals surface area (Å²) in [5.41, 5.74) is 1.19. The van der Waals surface area contributed by atoms with Crippen molar-refractivity contribution in [1.29, 1.82) is 0 Å². The normalized spacial score (nSPS) is 10.2. The van der Waals surface area contributed by atoms with Gasteiger partial charge < -0.3 is 0 Å². The Morgan fingerprint density at radius 3 is 2.47 bits per heavy atom. The van der Waals surface area contributed by atoms with Crippen molar-refractivity contribution in [1.82, 2.24) is 0 Å². The molecular formula is C10H6FNO2S. The van der Waals surface area contributed by atoms with Gasteiger partial charge in [-0.05, 0) is 29.1 Å². The van der Waals surface area contributed by atoms with E-state index in [1.54, 1.807) is 11.4 Å². The molecule has 0 spiro atoms. The molecule has 0 radical (unpaired) electrons.